The predicted octanol–water partition coefficient (Wildman–Crippen LogP) is 3.22. The van der Waals surface area contributed by atoms with Crippen molar-refractivity contribution in [3.05, 3.63) is 51.9 Å². The van der Waals surface area contributed by atoms with E-state index >= 15 is 0 Å². The lowest BCUT2D eigenvalue weighted by Crippen LogP contribution is -2.26. The van der Waals surface area contributed by atoms with E-state index in [2.05, 4.69) is 0 Å². The topological polar surface area (TPSA) is 80.0 Å². The van der Waals surface area contributed by atoms with Crippen LogP contribution >= 0.6 is 11.6 Å². The maximum atomic E-state index is 12.4. The minimum Gasteiger partial charge on any atom is -0.495 e. The Kier molecular flexibility index (Phi) is 4.95. The first-order valence-electron chi connectivity index (χ1n) is 6.75. The van der Waals surface area contributed by atoms with Crippen molar-refractivity contribution >= 4 is 23.5 Å². The number of nitrogens with zero attached hydrogens (tertiary/aromatic N) is 1. The number of aryl methyl sites for hydroxylation is 1. The Morgan fingerprint density at radius 3 is 2.61 bits per heavy atom. The van der Waals surface area contributed by atoms with Gasteiger partial charge in [-0.3, -0.25) is 4.79 Å². The highest BCUT2D eigenvalue weighted by molar-refractivity contribution is 6.32. The van der Waals surface area contributed by atoms with E-state index < -0.39 is 5.97 Å². The first-order valence-corrected chi connectivity index (χ1v) is 7.13. The fourth-order valence-electron chi connectivity index (χ4n) is 2.15. The van der Waals surface area contributed by atoms with Crippen molar-refractivity contribution in [1.29, 1.82) is 0 Å². The summed E-state index contributed by atoms with van der Waals surface area (Å²) in [6.07, 6.45) is 0. The van der Waals surface area contributed by atoms with E-state index in [1.165, 1.54) is 18.1 Å². The maximum Gasteiger partial charge on any atom is 0.339 e. The van der Waals surface area contributed by atoms with Crippen LogP contribution in [0.15, 0.2) is 28.7 Å². The van der Waals surface area contributed by atoms with Crippen molar-refractivity contribution in [2.75, 3.05) is 14.2 Å². The Bertz CT molecular complexity index is 753. The van der Waals surface area contributed by atoms with Gasteiger partial charge in [-0.15, -0.1) is 0 Å². The largest absolute Gasteiger partial charge is 0.495 e. The Morgan fingerprint density at radius 2 is 2.04 bits per heavy atom. The standard InChI is InChI=1S/C16H16ClNO5/c1-9-12(16(20)21)7-11(23-9)8-18(2)15(19)10-4-5-13(17)14(6-10)22-3/h4-7H,8H2,1-3H3,(H,20,21). The van der Waals surface area contributed by atoms with E-state index in [0.29, 0.717) is 27.9 Å². The van der Waals surface area contributed by atoms with Gasteiger partial charge in [0.05, 0.1) is 18.7 Å². The molecule has 1 N–H and O–H groups in total. The fraction of sp³-hybridized carbons (Fsp3) is 0.250. The molecule has 6 nitrogen and oxygen atoms in total. The van der Waals surface area contributed by atoms with Crippen molar-refractivity contribution < 1.29 is 23.8 Å². The molecular weight excluding hydrogens is 322 g/mol. The molecule has 0 radical (unpaired) electrons. The van der Waals surface area contributed by atoms with Gasteiger partial charge in [-0.05, 0) is 31.2 Å². The number of benzene rings is 1. The van der Waals surface area contributed by atoms with Crippen LogP contribution in [0, 0.1) is 6.92 Å². The van der Waals surface area contributed by atoms with Gasteiger partial charge in [0, 0.05) is 12.6 Å². The van der Waals surface area contributed by atoms with Crippen LogP contribution in [0.25, 0.3) is 0 Å². The number of halogens is 1. The van der Waals surface area contributed by atoms with Crippen LogP contribution in [0.5, 0.6) is 5.75 Å². The quantitative estimate of drug-likeness (QED) is 0.906. The second-order valence-corrected chi connectivity index (χ2v) is 5.41. The maximum absolute atomic E-state index is 12.4. The average Bonchev–Trinajstić information content (AvgIpc) is 2.87. The van der Waals surface area contributed by atoms with Crippen molar-refractivity contribution in [2.24, 2.45) is 0 Å². The van der Waals surface area contributed by atoms with Gasteiger partial charge >= 0.3 is 5.97 Å². The third kappa shape index (κ3) is 3.65. The molecule has 2 aromatic rings. The summed E-state index contributed by atoms with van der Waals surface area (Å²) in [5, 5.41) is 9.43. The van der Waals surface area contributed by atoms with E-state index in [9.17, 15) is 9.59 Å². The number of ether oxygens (including phenoxy) is 1. The van der Waals surface area contributed by atoms with Crippen molar-refractivity contribution in [1.82, 2.24) is 4.90 Å². The molecule has 1 aromatic heterocycles. The summed E-state index contributed by atoms with van der Waals surface area (Å²) in [7, 11) is 3.07. The first kappa shape index (κ1) is 16.9. The molecule has 0 bridgehead atoms. The Labute approximate surface area is 138 Å². The highest BCUT2D eigenvalue weighted by atomic mass is 35.5. The van der Waals surface area contributed by atoms with Crippen LogP contribution in [0.2, 0.25) is 5.02 Å². The highest BCUT2D eigenvalue weighted by Crippen LogP contribution is 2.26. The van der Waals surface area contributed by atoms with Crippen molar-refractivity contribution in [3.63, 3.8) is 0 Å². The highest BCUT2D eigenvalue weighted by Gasteiger charge is 2.18. The Morgan fingerprint density at radius 1 is 1.35 bits per heavy atom. The molecule has 1 aromatic carbocycles. The Balaban J connectivity index is 2.17. The summed E-state index contributed by atoms with van der Waals surface area (Å²) in [4.78, 5) is 24.9. The minimum absolute atomic E-state index is 0.0917. The predicted molar refractivity (Wildman–Crippen MR) is 84.2 cm³/mol. The zero-order chi connectivity index (χ0) is 17.1. The summed E-state index contributed by atoms with van der Waals surface area (Å²) in [5.74, 6) is -0.203. The molecule has 1 amide bonds. The molecule has 0 saturated carbocycles. The lowest BCUT2D eigenvalue weighted by Gasteiger charge is -2.16. The van der Waals surface area contributed by atoms with Gasteiger partial charge < -0.3 is 19.2 Å². The molecule has 0 aliphatic carbocycles. The summed E-state index contributed by atoms with van der Waals surface area (Å²) < 4.78 is 10.5. The second-order valence-electron chi connectivity index (χ2n) is 5.00. The van der Waals surface area contributed by atoms with Gasteiger partial charge in [0.15, 0.2) is 0 Å². The molecule has 1 heterocycles. The van der Waals surface area contributed by atoms with E-state index in [4.69, 9.17) is 25.9 Å². The smallest absolute Gasteiger partial charge is 0.339 e. The molecule has 0 unspecified atom stereocenters. The molecule has 23 heavy (non-hydrogen) atoms. The van der Waals surface area contributed by atoms with Crippen LogP contribution in [-0.2, 0) is 6.54 Å². The van der Waals surface area contributed by atoms with Gasteiger partial charge in [0.2, 0.25) is 0 Å². The molecule has 2 rings (SSSR count). The van der Waals surface area contributed by atoms with Crippen molar-refractivity contribution in [2.45, 2.75) is 13.5 Å². The van der Waals surface area contributed by atoms with Gasteiger partial charge in [0.25, 0.3) is 5.91 Å². The van der Waals surface area contributed by atoms with E-state index in [-0.39, 0.29) is 18.0 Å². The minimum atomic E-state index is -1.06. The molecule has 7 heteroatoms. The number of aromatic carboxylic acids is 1. The molecule has 0 aliphatic heterocycles. The SMILES string of the molecule is COc1cc(C(=O)N(C)Cc2cc(C(=O)O)c(C)o2)ccc1Cl. The molecule has 0 saturated heterocycles. The number of carboxylic acid groups (broad SMARTS) is 1. The first-order chi connectivity index (χ1) is 10.8. The molecule has 0 atom stereocenters. The molecule has 0 fully saturated rings. The third-order valence-corrected chi connectivity index (χ3v) is 3.65. The average molecular weight is 338 g/mol. The van der Waals surface area contributed by atoms with E-state index in [1.807, 2.05) is 0 Å². The normalized spacial score (nSPS) is 10.4. The number of carbonyl (C=O) groups excluding carboxylic acids is 1. The number of hydrogen-bond donors (Lipinski definition) is 1. The van der Waals surface area contributed by atoms with Crippen LogP contribution in [-0.4, -0.2) is 36.0 Å². The van der Waals surface area contributed by atoms with E-state index in [1.54, 1.807) is 32.2 Å². The summed E-state index contributed by atoms with van der Waals surface area (Å²) in [6.45, 7) is 1.72. The number of hydrogen-bond acceptors (Lipinski definition) is 4. The lowest BCUT2D eigenvalue weighted by molar-refractivity contribution is 0.0694. The van der Waals surface area contributed by atoms with Crippen LogP contribution < -0.4 is 4.74 Å². The van der Waals surface area contributed by atoms with E-state index in [0.717, 1.165) is 0 Å². The number of carbonyl (C=O) groups is 2. The summed E-state index contributed by atoms with van der Waals surface area (Å²) in [5.41, 5.74) is 0.504. The zero-order valence-corrected chi connectivity index (χ0v) is 13.7. The second kappa shape index (κ2) is 6.75. The van der Waals surface area contributed by atoms with Crippen LogP contribution in [0.3, 0.4) is 0 Å². The number of methoxy groups -OCH3 is 1. The van der Waals surface area contributed by atoms with Crippen molar-refractivity contribution in [3.8, 4) is 5.75 Å². The molecule has 0 spiro atoms. The number of furan rings is 1. The van der Waals surface area contributed by atoms with Gasteiger partial charge in [-0.25, -0.2) is 4.79 Å². The molecular formula is C16H16ClNO5. The van der Waals surface area contributed by atoms with Gasteiger partial charge in [-0.1, -0.05) is 11.6 Å². The van der Waals surface area contributed by atoms with Crippen LogP contribution in [0.1, 0.15) is 32.2 Å². The molecule has 122 valence electrons. The fourth-order valence-corrected chi connectivity index (χ4v) is 2.35. The lowest BCUT2D eigenvalue weighted by atomic mass is 10.2. The van der Waals surface area contributed by atoms with Crippen LogP contribution in [0.4, 0.5) is 0 Å². The summed E-state index contributed by atoms with van der Waals surface area (Å²) in [6, 6.07) is 6.15. The zero-order valence-electron chi connectivity index (χ0n) is 12.9. The molecule has 0 aliphatic rings. The van der Waals surface area contributed by atoms with Gasteiger partial charge in [-0.2, -0.15) is 0 Å². The number of amides is 1. The summed E-state index contributed by atoms with van der Waals surface area (Å²) >= 11 is 5.94. The Hall–Kier alpha value is -2.47. The monoisotopic (exact) mass is 337 g/mol. The number of carboxylic acids is 1. The van der Waals surface area contributed by atoms with Gasteiger partial charge in [0.1, 0.15) is 22.8 Å². The number of rotatable bonds is 5. The third-order valence-electron chi connectivity index (χ3n) is 3.34.